The van der Waals surface area contributed by atoms with Crippen LogP contribution in [0.3, 0.4) is 0 Å². The molecule has 2 heteroatoms. The maximum atomic E-state index is 3.74. The van der Waals surface area contributed by atoms with Crippen molar-refractivity contribution in [3.05, 3.63) is 29.8 Å². The lowest BCUT2D eigenvalue weighted by molar-refractivity contribution is 0.296. The van der Waals surface area contributed by atoms with E-state index in [1.54, 1.807) is 0 Å². The molecule has 1 saturated carbocycles. The lowest BCUT2D eigenvalue weighted by Gasteiger charge is -2.22. The van der Waals surface area contributed by atoms with Crippen molar-refractivity contribution in [2.24, 2.45) is 5.92 Å². The van der Waals surface area contributed by atoms with E-state index in [0.717, 1.165) is 32.1 Å². The predicted octanol–water partition coefficient (Wildman–Crippen LogP) is 4.91. The molecule has 1 aromatic carbocycles. The van der Waals surface area contributed by atoms with Crippen LogP contribution in [0.25, 0.3) is 0 Å². The zero-order chi connectivity index (χ0) is 14.9. The smallest absolute Gasteiger partial charge is 0.0385 e. The summed E-state index contributed by atoms with van der Waals surface area (Å²) in [4.78, 5) is 2.48. The van der Waals surface area contributed by atoms with Crippen molar-refractivity contribution >= 4 is 5.69 Å². The predicted molar refractivity (Wildman–Crippen MR) is 92.7 cm³/mol. The Labute approximate surface area is 130 Å². The topological polar surface area (TPSA) is 15.3 Å². The van der Waals surface area contributed by atoms with Crippen LogP contribution in [-0.4, -0.2) is 24.5 Å². The van der Waals surface area contributed by atoms with Gasteiger partial charge in [0.15, 0.2) is 0 Å². The summed E-state index contributed by atoms with van der Waals surface area (Å²) in [6.45, 7) is 8.92. The van der Waals surface area contributed by atoms with Crippen molar-refractivity contribution in [2.75, 3.05) is 25.0 Å². The number of rotatable bonds is 7. The van der Waals surface area contributed by atoms with Gasteiger partial charge in [-0.2, -0.15) is 0 Å². The van der Waals surface area contributed by atoms with Gasteiger partial charge < -0.3 is 5.32 Å². The summed E-state index contributed by atoms with van der Waals surface area (Å²) in [6.07, 6.45) is 8.54. The van der Waals surface area contributed by atoms with E-state index in [2.05, 4.69) is 48.3 Å². The normalized spacial score (nSPS) is 16.9. The van der Waals surface area contributed by atoms with Crippen LogP contribution in [0.4, 0.5) is 5.69 Å². The molecule has 118 valence electrons. The van der Waals surface area contributed by atoms with Crippen molar-refractivity contribution in [1.82, 2.24) is 4.90 Å². The van der Waals surface area contributed by atoms with Gasteiger partial charge >= 0.3 is 0 Å². The third kappa shape index (κ3) is 5.35. The molecule has 0 unspecified atom stereocenters. The molecule has 0 atom stereocenters. The molecule has 21 heavy (non-hydrogen) atoms. The van der Waals surface area contributed by atoms with E-state index in [0.29, 0.717) is 0 Å². The van der Waals surface area contributed by atoms with E-state index in [9.17, 15) is 0 Å². The van der Waals surface area contributed by atoms with Crippen LogP contribution in [0.1, 0.15) is 57.9 Å². The first-order valence-corrected chi connectivity index (χ1v) is 8.87. The molecule has 1 aliphatic rings. The molecule has 0 spiro atoms. The van der Waals surface area contributed by atoms with E-state index in [1.165, 1.54) is 49.8 Å². The summed E-state index contributed by atoms with van der Waals surface area (Å²) in [7, 11) is 0. The van der Waals surface area contributed by atoms with Crippen molar-refractivity contribution in [1.29, 1.82) is 0 Å². The average molecular weight is 288 g/mol. The molecule has 1 aromatic rings. The van der Waals surface area contributed by atoms with Crippen LogP contribution >= 0.6 is 0 Å². The molecule has 1 fully saturated rings. The zero-order valence-electron chi connectivity index (χ0n) is 13.9. The quantitative estimate of drug-likeness (QED) is 0.717. The monoisotopic (exact) mass is 288 g/mol. The Hall–Kier alpha value is -1.02. The molecule has 1 aliphatic carbocycles. The molecule has 0 aromatic heterocycles. The Morgan fingerprint density at radius 2 is 1.67 bits per heavy atom. The second kappa shape index (κ2) is 9.09. The molecule has 0 aliphatic heterocycles. The maximum Gasteiger partial charge on any atom is 0.0385 e. The fourth-order valence-corrected chi connectivity index (χ4v) is 3.34. The van der Waals surface area contributed by atoms with E-state index in [-0.39, 0.29) is 0 Å². The highest BCUT2D eigenvalue weighted by Crippen LogP contribution is 2.24. The SMILES string of the molecule is CCN(CC)Cc1ccccc1NCC1CCCCCC1. The first kappa shape index (κ1) is 16.4. The molecular formula is C19H32N2. The number of hydrogen-bond donors (Lipinski definition) is 1. The summed E-state index contributed by atoms with van der Waals surface area (Å²) >= 11 is 0. The van der Waals surface area contributed by atoms with E-state index in [4.69, 9.17) is 0 Å². The molecule has 0 amide bonds. The summed E-state index contributed by atoms with van der Waals surface area (Å²) in [5.41, 5.74) is 2.78. The summed E-state index contributed by atoms with van der Waals surface area (Å²) in [5.74, 6) is 0.869. The Morgan fingerprint density at radius 3 is 2.33 bits per heavy atom. The second-order valence-electron chi connectivity index (χ2n) is 6.36. The Kier molecular flexibility index (Phi) is 7.08. The molecule has 0 radical (unpaired) electrons. The lowest BCUT2D eigenvalue weighted by atomic mass is 10.00. The first-order chi connectivity index (χ1) is 10.3. The number of para-hydroxylation sites is 1. The summed E-state index contributed by atoms with van der Waals surface area (Å²) in [5, 5.41) is 3.74. The van der Waals surface area contributed by atoms with Crippen LogP contribution in [0.2, 0.25) is 0 Å². The minimum absolute atomic E-state index is 0.869. The Morgan fingerprint density at radius 1 is 1.00 bits per heavy atom. The first-order valence-electron chi connectivity index (χ1n) is 8.87. The van der Waals surface area contributed by atoms with Gasteiger partial charge in [-0.25, -0.2) is 0 Å². The third-order valence-electron chi connectivity index (χ3n) is 4.86. The van der Waals surface area contributed by atoms with Gasteiger partial charge in [0.2, 0.25) is 0 Å². The van der Waals surface area contributed by atoms with Gasteiger partial charge in [0.25, 0.3) is 0 Å². The summed E-state index contributed by atoms with van der Waals surface area (Å²) in [6, 6.07) is 8.83. The maximum absolute atomic E-state index is 3.74. The third-order valence-corrected chi connectivity index (χ3v) is 4.86. The molecule has 0 bridgehead atoms. The fourth-order valence-electron chi connectivity index (χ4n) is 3.34. The van der Waals surface area contributed by atoms with E-state index in [1.807, 2.05) is 0 Å². The molecule has 2 nitrogen and oxygen atoms in total. The van der Waals surface area contributed by atoms with Crippen LogP contribution in [0, 0.1) is 5.92 Å². The van der Waals surface area contributed by atoms with Crippen LogP contribution in [-0.2, 0) is 6.54 Å². The van der Waals surface area contributed by atoms with Gasteiger partial charge in [0, 0.05) is 18.8 Å². The van der Waals surface area contributed by atoms with E-state index < -0.39 is 0 Å². The van der Waals surface area contributed by atoms with Gasteiger partial charge in [-0.05, 0) is 43.5 Å². The van der Waals surface area contributed by atoms with E-state index >= 15 is 0 Å². The molecular weight excluding hydrogens is 256 g/mol. The van der Waals surface area contributed by atoms with Gasteiger partial charge in [0.1, 0.15) is 0 Å². The highest BCUT2D eigenvalue weighted by molar-refractivity contribution is 5.51. The molecule has 2 rings (SSSR count). The van der Waals surface area contributed by atoms with Crippen LogP contribution in [0.5, 0.6) is 0 Å². The van der Waals surface area contributed by atoms with Crippen molar-refractivity contribution in [3.63, 3.8) is 0 Å². The second-order valence-corrected chi connectivity index (χ2v) is 6.36. The van der Waals surface area contributed by atoms with Crippen molar-refractivity contribution in [2.45, 2.75) is 58.9 Å². The van der Waals surface area contributed by atoms with Gasteiger partial charge in [-0.3, -0.25) is 4.90 Å². The van der Waals surface area contributed by atoms with Crippen molar-refractivity contribution < 1.29 is 0 Å². The average Bonchev–Trinajstić information content (AvgIpc) is 2.80. The number of anilines is 1. The zero-order valence-corrected chi connectivity index (χ0v) is 13.9. The van der Waals surface area contributed by atoms with Gasteiger partial charge in [-0.15, -0.1) is 0 Å². The molecule has 0 heterocycles. The van der Waals surface area contributed by atoms with Crippen LogP contribution in [0.15, 0.2) is 24.3 Å². The van der Waals surface area contributed by atoms with Gasteiger partial charge in [0.05, 0.1) is 0 Å². The number of nitrogens with zero attached hydrogens (tertiary/aromatic N) is 1. The van der Waals surface area contributed by atoms with Gasteiger partial charge in [-0.1, -0.05) is 57.7 Å². The van der Waals surface area contributed by atoms with Crippen molar-refractivity contribution in [3.8, 4) is 0 Å². The molecule has 0 saturated heterocycles. The Balaban J connectivity index is 1.92. The minimum atomic E-state index is 0.869. The largest absolute Gasteiger partial charge is 0.385 e. The molecule has 1 N–H and O–H groups in total. The highest BCUT2D eigenvalue weighted by atomic mass is 15.1. The number of nitrogens with one attached hydrogen (secondary N) is 1. The fraction of sp³-hybridized carbons (Fsp3) is 0.684. The lowest BCUT2D eigenvalue weighted by Crippen LogP contribution is -2.23. The number of hydrogen-bond acceptors (Lipinski definition) is 2. The highest BCUT2D eigenvalue weighted by Gasteiger charge is 2.13. The summed E-state index contributed by atoms with van der Waals surface area (Å²) < 4.78 is 0. The number of benzene rings is 1. The standard InChI is InChI=1S/C19H32N2/c1-3-21(4-2)16-18-13-9-10-14-19(18)20-15-17-11-7-5-6-8-12-17/h9-10,13-14,17,20H,3-8,11-12,15-16H2,1-2H3. The minimum Gasteiger partial charge on any atom is -0.385 e. The van der Waals surface area contributed by atoms with Crippen LogP contribution < -0.4 is 5.32 Å². The Bertz CT molecular complexity index is 390.